The van der Waals surface area contributed by atoms with E-state index in [0.717, 1.165) is 19.5 Å². The molecule has 2 rings (SSSR count). The minimum absolute atomic E-state index is 0.0285. The van der Waals surface area contributed by atoms with Crippen molar-refractivity contribution < 1.29 is 4.79 Å². The van der Waals surface area contributed by atoms with Gasteiger partial charge in [-0.05, 0) is 24.8 Å². The van der Waals surface area contributed by atoms with Crippen molar-refractivity contribution in [2.75, 3.05) is 13.1 Å². The Labute approximate surface area is 96.0 Å². The number of primary amides is 1. The molecule has 3 heteroatoms. The minimum Gasteiger partial charge on any atom is -0.369 e. The highest BCUT2D eigenvalue weighted by Gasteiger charge is 2.26. The molecule has 0 aromatic heterocycles. The molecule has 1 saturated heterocycles. The summed E-state index contributed by atoms with van der Waals surface area (Å²) in [7, 11) is 0. The summed E-state index contributed by atoms with van der Waals surface area (Å²) in [6.45, 7) is 3.75. The third-order valence-electron chi connectivity index (χ3n) is 3.27. The standard InChI is InChI=1S/C13H18N2O/c1-9-3-2-4-10(5-9)11-6-12(13(14)16)8-15-7-11/h2-5,11-12,15H,6-8H2,1H3,(H2,14,16)/t11-,12+/m0/s1. The van der Waals surface area contributed by atoms with E-state index in [4.69, 9.17) is 5.73 Å². The fraction of sp³-hybridized carbons (Fsp3) is 0.462. The number of carbonyl (C=O) groups excluding carboxylic acids is 1. The van der Waals surface area contributed by atoms with Crippen molar-refractivity contribution >= 4 is 5.91 Å². The fourth-order valence-electron chi connectivity index (χ4n) is 2.34. The first-order chi connectivity index (χ1) is 7.66. The Bertz CT molecular complexity index is 389. The lowest BCUT2D eigenvalue weighted by Crippen LogP contribution is -2.41. The van der Waals surface area contributed by atoms with E-state index in [-0.39, 0.29) is 11.8 Å². The number of piperidine rings is 1. The maximum absolute atomic E-state index is 11.2. The van der Waals surface area contributed by atoms with Gasteiger partial charge in [0.1, 0.15) is 0 Å². The van der Waals surface area contributed by atoms with Crippen molar-refractivity contribution in [1.29, 1.82) is 0 Å². The molecule has 16 heavy (non-hydrogen) atoms. The van der Waals surface area contributed by atoms with Gasteiger partial charge in [-0.3, -0.25) is 4.79 Å². The largest absolute Gasteiger partial charge is 0.369 e. The number of nitrogens with one attached hydrogen (secondary N) is 1. The highest BCUT2D eigenvalue weighted by Crippen LogP contribution is 2.26. The summed E-state index contributed by atoms with van der Waals surface area (Å²) in [5.41, 5.74) is 7.93. The quantitative estimate of drug-likeness (QED) is 0.783. The molecule has 0 spiro atoms. The van der Waals surface area contributed by atoms with Crippen molar-refractivity contribution in [1.82, 2.24) is 5.32 Å². The Morgan fingerprint density at radius 3 is 2.94 bits per heavy atom. The predicted molar refractivity (Wildman–Crippen MR) is 64.1 cm³/mol. The van der Waals surface area contributed by atoms with Gasteiger partial charge >= 0.3 is 0 Å². The van der Waals surface area contributed by atoms with E-state index >= 15 is 0 Å². The number of carbonyl (C=O) groups is 1. The molecule has 0 unspecified atom stereocenters. The van der Waals surface area contributed by atoms with E-state index < -0.39 is 0 Å². The van der Waals surface area contributed by atoms with Crippen molar-refractivity contribution in [3.8, 4) is 0 Å². The molecule has 1 amide bonds. The molecule has 0 radical (unpaired) electrons. The van der Waals surface area contributed by atoms with Gasteiger partial charge in [0, 0.05) is 13.1 Å². The van der Waals surface area contributed by atoms with Gasteiger partial charge in [-0.25, -0.2) is 0 Å². The zero-order valence-electron chi connectivity index (χ0n) is 9.57. The van der Waals surface area contributed by atoms with Crippen molar-refractivity contribution in [2.24, 2.45) is 11.7 Å². The van der Waals surface area contributed by atoms with Gasteiger partial charge in [0.2, 0.25) is 5.91 Å². The maximum atomic E-state index is 11.2. The normalized spacial score (nSPS) is 25.3. The first-order valence-corrected chi connectivity index (χ1v) is 5.73. The second-order valence-corrected chi connectivity index (χ2v) is 4.60. The van der Waals surface area contributed by atoms with Crippen LogP contribution in [0, 0.1) is 12.8 Å². The fourth-order valence-corrected chi connectivity index (χ4v) is 2.34. The second kappa shape index (κ2) is 4.66. The molecule has 0 bridgehead atoms. The van der Waals surface area contributed by atoms with Crippen molar-refractivity contribution in [3.63, 3.8) is 0 Å². The summed E-state index contributed by atoms with van der Waals surface area (Å²) in [6.07, 6.45) is 0.867. The number of rotatable bonds is 2. The number of hydrogen-bond acceptors (Lipinski definition) is 2. The Morgan fingerprint density at radius 2 is 2.25 bits per heavy atom. The van der Waals surface area contributed by atoms with Crippen molar-refractivity contribution in [2.45, 2.75) is 19.3 Å². The summed E-state index contributed by atoms with van der Waals surface area (Å²) in [6, 6.07) is 8.47. The lowest BCUT2D eigenvalue weighted by Gasteiger charge is -2.28. The van der Waals surface area contributed by atoms with E-state index in [9.17, 15) is 4.79 Å². The van der Waals surface area contributed by atoms with Gasteiger partial charge in [0.15, 0.2) is 0 Å². The van der Waals surface area contributed by atoms with Crippen LogP contribution in [0.3, 0.4) is 0 Å². The summed E-state index contributed by atoms with van der Waals surface area (Å²) in [5, 5.41) is 3.28. The van der Waals surface area contributed by atoms with E-state index in [1.165, 1.54) is 11.1 Å². The molecular formula is C13H18N2O. The molecule has 1 aromatic rings. The highest BCUT2D eigenvalue weighted by molar-refractivity contribution is 5.77. The van der Waals surface area contributed by atoms with Crippen LogP contribution in [0.5, 0.6) is 0 Å². The molecule has 86 valence electrons. The van der Waals surface area contributed by atoms with Crippen LogP contribution in [-0.4, -0.2) is 19.0 Å². The average molecular weight is 218 g/mol. The van der Waals surface area contributed by atoms with Crippen LogP contribution in [0.2, 0.25) is 0 Å². The van der Waals surface area contributed by atoms with Gasteiger partial charge in [-0.2, -0.15) is 0 Å². The zero-order chi connectivity index (χ0) is 11.5. The summed E-state index contributed by atoms with van der Waals surface area (Å²) >= 11 is 0. The molecule has 1 aromatic carbocycles. The number of hydrogen-bond donors (Lipinski definition) is 2. The zero-order valence-corrected chi connectivity index (χ0v) is 9.57. The second-order valence-electron chi connectivity index (χ2n) is 4.60. The Hall–Kier alpha value is -1.35. The van der Waals surface area contributed by atoms with Crippen LogP contribution in [0.1, 0.15) is 23.5 Å². The smallest absolute Gasteiger partial charge is 0.221 e. The molecule has 0 aliphatic carbocycles. The van der Waals surface area contributed by atoms with Crippen LogP contribution >= 0.6 is 0 Å². The third-order valence-corrected chi connectivity index (χ3v) is 3.27. The third kappa shape index (κ3) is 2.42. The molecule has 3 N–H and O–H groups in total. The van der Waals surface area contributed by atoms with Crippen LogP contribution in [0.4, 0.5) is 0 Å². The Morgan fingerprint density at radius 1 is 1.44 bits per heavy atom. The van der Waals surface area contributed by atoms with Gasteiger partial charge < -0.3 is 11.1 Å². The maximum Gasteiger partial charge on any atom is 0.221 e. The SMILES string of the molecule is Cc1cccc([C@@H]2CNC[C@H](C(N)=O)C2)c1. The van der Waals surface area contributed by atoms with Gasteiger partial charge in [-0.15, -0.1) is 0 Å². The van der Waals surface area contributed by atoms with Crippen molar-refractivity contribution in [3.05, 3.63) is 35.4 Å². The topological polar surface area (TPSA) is 55.1 Å². The molecule has 1 aliphatic heterocycles. The number of nitrogens with two attached hydrogens (primary N) is 1. The highest BCUT2D eigenvalue weighted by atomic mass is 16.1. The molecule has 3 nitrogen and oxygen atoms in total. The lowest BCUT2D eigenvalue weighted by molar-refractivity contribution is -0.122. The molecule has 1 aliphatic rings. The first kappa shape index (κ1) is 11.1. The summed E-state index contributed by atoms with van der Waals surface area (Å²) in [4.78, 5) is 11.2. The van der Waals surface area contributed by atoms with Gasteiger partial charge in [0.25, 0.3) is 0 Å². The Balaban J connectivity index is 2.12. The van der Waals surface area contributed by atoms with Crippen LogP contribution in [0.25, 0.3) is 0 Å². The Kier molecular flexibility index (Phi) is 3.25. The van der Waals surface area contributed by atoms with E-state index in [1.54, 1.807) is 0 Å². The monoisotopic (exact) mass is 218 g/mol. The van der Waals surface area contributed by atoms with E-state index in [1.807, 2.05) is 0 Å². The van der Waals surface area contributed by atoms with Gasteiger partial charge in [0.05, 0.1) is 5.92 Å². The number of aryl methyl sites for hydroxylation is 1. The molecule has 1 fully saturated rings. The lowest BCUT2D eigenvalue weighted by atomic mass is 9.85. The molecule has 0 saturated carbocycles. The minimum atomic E-state index is -0.190. The predicted octanol–water partition coefficient (Wildman–Crippen LogP) is 1.17. The van der Waals surface area contributed by atoms with Crippen LogP contribution < -0.4 is 11.1 Å². The molecule has 1 heterocycles. The van der Waals surface area contributed by atoms with E-state index in [0.29, 0.717) is 5.92 Å². The summed E-state index contributed by atoms with van der Waals surface area (Å²) in [5.74, 6) is 0.190. The number of benzene rings is 1. The number of amides is 1. The summed E-state index contributed by atoms with van der Waals surface area (Å²) < 4.78 is 0. The molecule has 2 atom stereocenters. The van der Waals surface area contributed by atoms with Crippen LogP contribution in [0.15, 0.2) is 24.3 Å². The van der Waals surface area contributed by atoms with E-state index in [2.05, 4.69) is 36.5 Å². The van der Waals surface area contributed by atoms with Crippen LogP contribution in [-0.2, 0) is 4.79 Å². The first-order valence-electron chi connectivity index (χ1n) is 5.73. The van der Waals surface area contributed by atoms with Gasteiger partial charge in [-0.1, -0.05) is 29.8 Å². The molecular weight excluding hydrogens is 200 g/mol. The average Bonchev–Trinajstić information content (AvgIpc) is 2.29.